The monoisotopic (exact) mass is 523 g/mol. The number of carboxylic acid groups (broad SMARTS) is 1. The van der Waals surface area contributed by atoms with Gasteiger partial charge in [-0.05, 0) is 29.7 Å². The highest BCUT2D eigenvalue weighted by Gasteiger charge is 2.36. The number of fused-ring (bicyclic) bond motifs is 1. The number of benzene rings is 3. The number of aryl methyl sites for hydroxylation is 1. The third kappa shape index (κ3) is 4.98. The van der Waals surface area contributed by atoms with Crippen LogP contribution in [-0.2, 0) is 21.2 Å². The van der Waals surface area contributed by atoms with E-state index in [4.69, 9.17) is 16.7 Å². The van der Waals surface area contributed by atoms with Gasteiger partial charge in [-0.15, -0.1) is 13.2 Å². The summed E-state index contributed by atoms with van der Waals surface area (Å²) in [5, 5.41) is 9.48. The Hall–Kier alpha value is -3.50. The van der Waals surface area contributed by atoms with Crippen molar-refractivity contribution < 1.29 is 36.2 Å². The summed E-state index contributed by atoms with van der Waals surface area (Å²) < 4.78 is 72.6. The van der Waals surface area contributed by atoms with Crippen LogP contribution in [0.25, 0.3) is 22.0 Å². The molecule has 0 radical (unpaired) electrons. The van der Waals surface area contributed by atoms with Crippen LogP contribution < -0.4 is 4.74 Å². The summed E-state index contributed by atoms with van der Waals surface area (Å²) in [4.78, 5) is 10.4. The average molecular weight is 524 g/mol. The first-order valence-corrected chi connectivity index (χ1v) is 12.0. The standard InChI is InChI=1S/C24H17ClF3NO5S/c25-19-10-4-8-17-16(12-13-21(30)31)14-29(22(17)19)35(32,33)23-18(15-6-2-1-3-7-15)9-5-11-20(23)34-24(26,27)28/h1-11,14H,12-13H2,(H,30,31). The zero-order valence-electron chi connectivity index (χ0n) is 17.8. The summed E-state index contributed by atoms with van der Waals surface area (Å²) in [6.45, 7) is 0. The molecule has 0 aliphatic rings. The highest BCUT2D eigenvalue weighted by atomic mass is 35.5. The number of alkyl halides is 3. The Morgan fingerprint density at radius 2 is 1.69 bits per heavy atom. The minimum absolute atomic E-state index is 0.00617. The molecule has 0 spiro atoms. The van der Waals surface area contributed by atoms with Crippen LogP contribution in [-0.4, -0.2) is 29.8 Å². The predicted octanol–water partition coefficient (Wildman–Crippen LogP) is 6.11. The van der Waals surface area contributed by atoms with E-state index in [-0.39, 0.29) is 28.9 Å². The predicted molar refractivity (Wildman–Crippen MR) is 124 cm³/mol. The van der Waals surface area contributed by atoms with Crippen LogP contribution in [0.15, 0.2) is 77.8 Å². The Kier molecular flexibility index (Phi) is 6.52. The van der Waals surface area contributed by atoms with Gasteiger partial charge >= 0.3 is 12.3 Å². The van der Waals surface area contributed by atoms with Crippen LogP contribution in [0.4, 0.5) is 13.2 Å². The van der Waals surface area contributed by atoms with Crippen molar-refractivity contribution in [3.05, 3.63) is 83.5 Å². The van der Waals surface area contributed by atoms with E-state index in [1.165, 1.54) is 24.4 Å². The molecular weight excluding hydrogens is 507 g/mol. The molecule has 11 heteroatoms. The third-order valence-corrected chi connectivity index (χ3v) is 7.29. The summed E-state index contributed by atoms with van der Waals surface area (Å²) in [6, 6.07) is 16.2. The van der Waals surface area contributed by atoms with E-state index in [1.807, 2.05) is 0 Å². The van der Waals surface area contributed by atoms with Gasteiger partial charge in [0, 0.05) is 23.6 Å². The van der Waals surface area contributed by atoms with Crippen LogP contribution >= 0.6 is 11.6 Å². The second-order valence-electron chi connectivity index (χ2n) is 7.53. The van der Waals surface area contributed by atoms with E-state index >= 15 is 0 Å². The molecule has 3 aromatic carbocycles. The Bertz CT molecular complexity index is 1520. The molecule has 0 unspecified atom stereocenters. The molecule has 4 rings (SSSR count). The van der Waals surface area contributed by atoms with Gasteiger partial charge in [0.15, 0.2) is 5.75 Å². The zero-order valence-corrected chi connectivity index (χ0v) is 19.4. The lowest BCUT2D eigenvalue weighted by Crippen LogP contribution is -2.21. The van der Waals surface area contributed by atoms with Crippen molar-refractivity contribution in [2.45, 2.75) is 24.1 Å². The number of hydrogen-bond donors (Lipinski definition) is 1. The largest absolute Gasteiger partial charge is 0.573 e. The molecule has 0 fully saturated rings. The number of carbonyl (C=O) groups is 1. The van der Waals surface area contributed by atoms with Gasteiger partial charge in [-0.2, -0.15) is 0 Å². The molecule has 0 saturated heterocycles. The van der Waals surface area contributed by atoms with E-state index in [0.717, 1.165) is 10.0 Å². The lowest BCUT2D eigenvalue weighted by atomic mass is 10.1. The van der Waals surface area contributed by atoms with Crippen LogP contribution in [0.3, 0.4) is 0 Å². The molecule has 0 saturated carbocycles. The maximum atomic E-state index is 14.0. The molecule has 1 aromatic heterocycles. The summed E-state index contributed by atoms with van der Waals surface area (Å²) in [7, 11) is -4.73. The summed E-state index contributed by atoms with van der Waals surface area (Å²) in [5.74, 6) is -1.99. The van der Waals surface area contributed by atoms with Gasteiger partial charge in [-0.25, -0.2) is 12.4 Å². The van der Waals surface area contributed by atoms with Crippen LogP contribution in [0, 0.1) is 0 Å². The third-order valence-electron chi connectivity index (χ3n) is 5.24. The van der Waals surface area contributed by atoms with E-state index in [0.29, 0.717) is 16.5 Å². The van der Waals surface area contributed by atoms with Gasteiger partial charge in [0.05, 0.1) is 10.5 Å². The van der Waals surface area contributed by atoms with E-state index in [9.17, 15) is 26.4 Å². The molecule has 0 bridgehead atoms. The van der Waals surface area contributed by atoms with E-state index < -0.39 is 33.0 Å². The smallest absolute Gasteiger partial charge is 0.481 e. The molecule has 182 valence electrons. The molecule has 0 amide bonds. The van der Waals surface area contributed by atoms with Gasteiger partial charge in [0.1, 0.15) is 4.90 Å². The summed E-state index contributed by atoms with van der Waals surface area (Å²) >= 11 is 6.32. The van der Waals surface area contributed by atoms with Gasteiger partial charge in [0.25, 0.3) is 10.0 Å². The van der Waals surface area contributed by atoms with Crippen molar-refractivity contribution in [1.29, 1.82) is 0 Å². The fraction of sp³-hybridized carbons (Fsp3) is 0.125. The lowest BCUT2D eigenvalue weighted by molar-refractivity contribution is -0.275. The molecule has 0 aliphatic carbocycles. The first-order valence-electron chi connectivity index (χ1n) is 10.2. The minimum atomic E-state index is -5.15. The number of rotatable bonds is 7. The highest BCUT2D eigenvalue weighted by Crippen LogP contribution is 2.40. The van der Waals surface area contributed by atoms with Gasteiger partial charge < -0.3 is 9.84 Å². The Balaban J connectivity index is 2.03. The fourth-order valence-electron chi connectivity index (χ4n) is 3.83. The normalized spacial score (nSPS) is 12.1. The summed E-state index contributed by atoms with van der Waals surface area (Å²) in [5.41, 5.74) is 0.736. The van der Waals surface area contributed by atoms with Crippen LogP contribution in [0.5, 0.6) is 5.75 Å². The van der Waals surface area contributed by atoms with E-state index in [1.54, 1.807) is 42.5 Å². The molecule has 1 heterocycles. The van der Waals surface area contributed by atoms with Crippen molar-refractivity contribution in [1.82, 2.24) is 3.97 Å². The molecular formula is C24H17ClF3NO5S. The van der Waals surface area contributed by atoms with Crippen molar-refractivity contribution >= 4 is 38.5 Å². The second kappa shape index (κ2) is 9.27. The number of aromatic nitrogens is 1. The number of aliphatic carboxylic acids is 1. The number of hydrogen-bond acceptors (Lipinski definition) is 4. The van der Waals surface area contributed by atoms with Crippen LogP contribution in [0.1, 0.15) is 12.0 Å². The minimum Gasteiger partial charge on any atom is -0.481 e. The zero-order chi connectivity index (χ0) is 25.4. The van der Waals surface area contributed by atoms with Crippen molar-refractivity contribution in [2.24, 2.45) is 0 Å². The Morgan fingerprint density at radius 3 is 2.34 bits per heavy atom. The SMILES string of the molecule is O=C(O)CCc1cn(S(=O)(=O)c2c(OC(F)(F)F)cccc2-c2ccccc2)c2c(Cl)cccc12. The fourth-order valence-corrected chi connectivity index (χ4v) is 5.88. The van der Waals surface area contributed by atoms with E-state index in [2.05, 4.69) is 4.74 Å². The maximum Gasteiger partial charge on any atom is 0.573 e. The van der Waals surface area contributed by atoms with Crippen LogP contribution in [0.2, 0.25) is 5.02 Å². The molecule has 4 aromatic rings. The highest BCUT2D eigenvalue weighted by molar-refractivity contribution is 7.90. The Morgan fingerprint density at radius 1 is 1.00 bits per heavy atom. The molecule has 0 atom stereocenters. The second-order valence-corrected chi connectivity index (χ2v) is 9.69. The topological polar surface area (TPSA) is 85.6 Å². The quantitative estimate of drug-likeness (QED) is 0.316. The molecule has 0 aliphatic heterocycles. The maximum absolute atomic E-state index is 14.0. The van der Waals surface area contributed by atoms with Crippen molar-refractivity contribution in [2.75, 3.05) is 0 Å². The molecule has 35 heavy (non-hydrogen) atoms. The average Bonchev–Trinajstić information content (AvgIpc) is 3.18. The van der Waals surface area contributed by atoms with Gasteiger partial charge in [0.2, 0.25) is 0 Å². The number of carboxylic acids is 1. The molecule has 1 N–H and O–H groups in total. The molecule has 6 nitrogen and oxygen atoms in total. The number of ether oxygens (including phenoxy) is 1. The Labute approximate surface area is 203 Å². The first-order chi connectivity index (χ1) is 16.5. The van der Waals surface area contributed by atoms with Gasteiger partial charge in [-0.3, -0.25) is 4.79 Å². The number of nitrogens with zero attached hydrogens (tertiary/aromatic N) is 1. The first kappa shape index (κ1) is 24.6. The number of para-hydroxylation sites is 1. The number of halogens is 4. The van der Waals surface area contributed by atoms with Crippen molar-refractivity contribution in [3.63, 3.8) is 0 Å². The van der Waals surface area contributed by atoms with Crippen molar-refractivity contribution in [3.8, 4) is 16.9 Å². The summed E-state index contributed by atoms with van der Waals surface area (Å²) in [6.07, 6.45) is -4.26. The van der Waals surface area contributed by atoms with Gasteiger partial charge in [-0.1, -0.05) is 66.2 Å². The lowest BCUT2D eigenvalue weighted by Gasteiger charge is -2.18.